The minimum atomic E-state index is 0. The molecule has 0 aliphatic carbocycles. The van der Waals surface area contributed by atoms with Crippen LogP contribution < -0.4 is 0 Å². The fourth-order valence-corrected chi connectivity index (χ4v) is 0. The second-order valence-corrected chi connectivity index (χ2v) is 0. The molecule has 22 valence electrons. The summed E-state index contributed by atoms with van der Waals surface area (Å²) in [5.74, 6) is 0. The summed E-state index contributed by atoms with van der Waals surface area (Å²) in [4.78, 5) is 0. The molecule has 3 heteroatoms. The van der Waals surface area contributed by atoms with Crippen LogP contribution in [0.5, 0.6) is 0 Å². The van der Waals surface area contributed by atoms with Gasteiger partial charge in [-0.25, -0.2) is 0 Å². The van der Waals surface area contributed by atoms with Gasteiger partial charge in [-0.15, -0.1) is 0 Å². The number of rotatable bonds is 0. The van der Waals surface area contributed by atoms with Gasteiger partial charge in [-0.2, -0.15) is 0 Å². The van der Waals surface area contributed by atoms with Crippen LogP contribution in [-0.4, -0.2) is 45.5 Å². The molecule has 1 nitrogen and oxygen atoms in total. The predicted molar refractivity (Wildman–Crippen MR) is 12.9 cm³/mol. The standard InChI is InChI=1S/CN.Fe.Sr.2H/c1-2;;;;/q-1;;+2;2*-1. The Bertz CT molecular complexity index is 18.3. The van der Waals surface area contributed by atoms with Gasteiger partial charge in [0.05, 0.1) is 0 Å². The van der Waals surface area contributed by atoms with E-state index in [1.54, 1.807) is 0 Å². The van der Waals surface area contributed by atoms with Crippen molar-refractivity contribution < 1.29 is 19.9 Å². The van der Waals surface area contributed by atoms with Gasteiger partial charge in [0.15, 0.2) is 0 Å². The van der Waals surface area contributed by atoms with Gasteiger partial charge in [0.1, 0.15) is 0 Å². The van der Waals surface area contributed by atoms with Crippen LogP contribution in [0.2, 0.25) is 0 Å². The molecule has 0 rings (SSSR count). The molecule has 0 aromatic heterocycles. The van der Waals surface area contributed by atoms with Crippen molar-refractivity contribution in [2.75, 3.05) is 0 Å². The van der Waals surface area contributed by atoms with Crippen LogP contribution in [-0.2, 0) is 17.1 Å². The van der Waals surface area contributed by atoms with Crippen LogP contribution in [0.15, 0.2) is 0 Å². The van der Waals surface area contributed by atoms with Crippen LogP contribution in [0.3, 0.4) is 0 Å². The van der Waals surface area contributed by atoms with Crippen LogP contribution in [0.25, 0.3) is 0 Å². The van der Waals surface area contributed by atoms with Crippen LogP contribution in [0, 0.1) is 11.8 Å². The first-order valence-electron chi connectivity index (χ1n) is 0.224. The monoisotopic (exact) mass is 172 g/mol. The van der Waals surface area contributed by atoms with Crippen molar-refractivity contribution in [3.63, 3.8) is 0 Å². The minimum Gasteiger partial charge on any atom is -1.00 e. The molecule has 0 amide bonds. The van der Waals surface area contributed by atoms with Crippen LogP contribution >= 0.6 is 0 Å². The van der Waals surface area contributed by atoms with Gasteiger partial charge in [0.25, 0.3) is 0 Å². The maximum atomic E-state index is 6.25. The van der Waals surface area contributed by atoms with Crippen molar-refractivity contribution in [3.8, 4) is 0 Å². The topological polar surface area (TPSA) is 23.8 Å². The Kier molecular flexibility index (Phi) is 110. The van der Waals surface area contributed by atoms with Crippen molar-refractivity contribution in [1.82, 2.24) is 0 Å². The van der Waals surface area contributed by atoms with E-state index in [0.717, 1.165) is 0 Å². The van der Waals surface area contributed by atoms with E-state index in [-0.39, 0.29) is 65.4 Å². The van der Waals surface area contributed by atoms with Gasteiger partial charge in [0.2, 0.25) is 0 Å². The molecule has 0 heterocycles. The predicted octanol–water partition coefficient (Wildman–Crippen LogP) is -0.0619. The first-order chi connectivity index (χ1) is 1.00. The average Bonchev–Trinajstić information content (AvgIpc) is 1.00. The van der Waals surface area contributed by atoms with E-state index >= 15 is 0 Å². The Morgan fingerprint density at radius 3 is 1.50 bits per heavy atom. The summed E-state index contributed by atoms with van der Waals surface area (Å²) in [5, 5.41) is 6.25. The van der Waals surface area contributed by atoms with E-state index in [1.807, 2.05) is 0 Å². The zero-order chi connectivity index (χ0) is 2.00. The maximum absolute atomic E-state index is 6.25. The van der Waals surface area contributed by atoms with Crippen molar-refractivity contribution in [1.29, 1.82) is 5.26 Å². The van der Waals surface area contributed by atoms with Gasteiger partial charge in [-0.1, -0.05) is 0 Å². The fourth-order valence-electron chi connectivity index (χ4n) is 0. The van der Waals surface area contributed by atoms with E-state index < -0.39 is 0 Å². The average molecular weight is 171 g/mol. The molecule has 0 fully saturated rings. The van der Waals surface area contributed by atoms with Gasteiger partial charge in [-0.05, 0) is 0 Å². The SMILES string of the molecule is [C-]#N.[Fe].[H-].[H-].[Sr+2]. The first-order valence-corrected chi connectivity index (χ1v) is 0.224. The second kappa shape index (κ2) is 24.6. The summed E-state index contributed by atoms with van der Waals surface area (Å²) in [7, 11) is 0. The number of hydrogen-bond donors (Lipinski definition) is 0. The quantitative estimate of drug-likeness (QED) is 0.370. The Hall–Kier alpha value is 1.49. The number of hydrogen-bond acceptors (Lipinski definition) is 1. The van der Waals surface area contributed by atoms with Gasteiger partial charge in [-0.3, -0.25) is 0 Å². The molecule has 4 heavy (non-hydrogen) atoms. The van der Waals surface area contributed by atoms with Gasteiger partial charge in [0, 0.05) is 17.1 Å². The minimum absolute atomic E-state index is 0. The van der Waals surface area contributed by atoms with Crippen molar-refractivity contribution in [2.45, 2.75) is 0 Å². The third-order valence-electron chi connectivity index (χ3n) is 0. The molecule has 0 aromatic rings. The number of nitrogens with zero attached hydrogens (tertiary/aromatic N) is 1. The zero-order valence-corrected chi connectivity index (χ0v) is 6.59. The maximum Gasteiger partial charge on any atom is 2.00 e. The first kappa shape index (κ1) is 17.9. The Balaban J connectivity index is -0.000000000833. The molecular weight excluding hydrogens is 169 g/mol. The van der Waals surface area contributed by atoms with Crippen LogP contribution in [0.1, 0.15) is 2.85 Å². The van der Waals surface area contributed by atoms with E-state index in [2.05, 4.69) is 0 Å². The summed E-state index contributed by atoms with van der Waals surface area (Å²) in [6.45, 7) is 4.75. The molecule has 0 aliphatic rings. The molecule has 0 saturated heterocycles. The molecule has 0 unspecified atom stereocenters. The third kappa shape index (κ3) is 9.75. The van der Waals surface area contributed by atoms with E-state index in [1.165, 1.54) is 0 Å². The summed E-state index contributed by atoms with van der Waals surface area (Å²) < 4.78 is 0. The molecule has 0 bridgehead atoms. The van der Waals surface area contributed by atoms with Crippen molar-refractivity contribution >= 4 is 45.5 Å². The van der Waals surface area contributed by atoms with E-state index in [4.69, 9.17) is 11.8 Å². The summed E-state index contributed by atoms with van der Waals surface area (Å²) in [5.41, 5.74) is 0. The fraction of sp³-hybridized carbons (Fsp3) is 0. The van der Waals surface area contributed by atoms with Crippen molar-refractivity contribution in [3.05, 3.63) is 6.57 Å². The molecule has 0 radical (unpaired) electrons. The Labute approximate surface area is 76.1 Å². The largest absolute Gasteiger partial charge is 2.00 e. The molecule has 0 aromatic carbocycles. The molecule has 0 saturated carbocycles. The zero-order valence-electron chi connectivity index (χ0n) is 4.01. The van der Waals surface area contributed by atoms with Gasteiger partial charge >= 0.3 is 45.5 Å². The molecule has 0 N–H and O–H groups in total. The van der Waals surface area contributed by atoms with Crippen molar-refractivity contribution in [2.24, 2.45) is 0 Å². The molecule has 0 spiro atoms. The molecular formula is CH2FeNSr-. The summed E-state index contributed by atoms with van der Waals surface area (Å²) in [6, 6.07) is 0. The normalized spacial score (nSPS) is 0.500. The smallest absolute Gasteiger partial charge is 1.00 e. The van der Waals surface area contributed by atoms with Crippen LogP contribution in [0.4, 0.5) is 0 Å². The Morgan fingerprint density at radius 1 is 1.50 bits per heavy atom. The van der Waals surface area contributed by atoms with E-state index in [0.29, 0.717) is 0 Å². The molecule has 0 aliphatic heterocycles. The van der Waals surface area contributed by atoms with Gasteiger partial charge < -0.3 is 14.7 Å². The van der Waals surface area contributed by atoms with E-state index in [9.17, 15) is 0 Å². The molecule has 0 atom stereocenters. The summed E-state index contributed by atoms with van der Waals surface area (Å²) >= 11 is 0. The summed E-state index contributed by atoms with van der Waals surface area (Å²) in [6.07, 6.45) is 0. The Morgan fingerprint density at radius 2 is 1.50 bits per heavy atom. The second-order valence-electron chi connectivity index (χ2n) is 0. The third-order valence-corrected chi connectivity index (χ3v) is 0.